The van der Waals surface area contributed by atoms with Gasteiger partial charge in [-0.3, -0.25) is 14.6 Å². The van der Waals surface area contributed by atoms with E-state index in [0.717, 1.165) is 53.9 Å². The van der Waals surface area contributed by atoms with Gasteiger partial charge >= 0.3 is 0 Å². The number of hydrogen-bond donors (Lipinski definition) is 0. The lowest BCUT2D eigenvalue weighted by Crippen LogP contribution is -2.43. The minimum atomic E-state index is -0.0463. The average Bonchev–Trinajstić information content (AvgIpc) is 3.18. The van der Waals surface area contributed by atoms with Crippen LogP contribution in [0.1, 0.15) is 10.4 Å². The molecule has 2 aromatic carbocycles. The molecule has 1 saturated heterocycles. The second kappa shape index (κ2) is 8.68. The predicted octanol–water partition coefficient (Wildman–Crippen LogP) is 3.28. The Kier molecular flexibility index (Phi) is 5.85. The first-order valence-electron chi connectivity index (χ1n) is 9.36. The number of carbonyl (C=O) groups is 1. The number of nitrogens with zero attached hydrogens (tertiary/aromatic N) is 3. The first kappa shape index (κ1) is 18.9. The van der Waals surface area contributed by atoms with E-state index in [1.165, 1.54) is 0 Å². The van der Waals surface area contributed by atoms with Crippen LogP contribution in [0.3, 0.4) is 0 Å². The van der Waals surface area contributed by atoms with Gasteiger partial charge in [0.2, 0.25) is 0 Å². The highest BCUT2D eigenvalue weighted by atomic mass is 32.1. The highest BCUT2D eigenvalue weighted by molar-refractivity contribution is 7.22. The Morgan fingerprint density at radius 2 is 1.93 bits per heavy atom. The van der Waals surface area contributed by atoms with Crippen molar-refractivity contribution in [2.75, 3.05) is 51.4 Å². The Morgan fingerprint density at radius 3 is 2.64 bits per heavy atom. The normalized spacial score (nSPS) is 14.9. The van der Waals surface area contributed by atoms with E-state index in [1.54, 1.807) is 35.5 Å². The number of hydrogen-bond acceptors (Lipinski definition) is 6. The van der Waals surface area contributed by atoms with E-state index in [0.29, 0.717) is 12.1 Å². The highest BCUT2D eigenvalue weighted by Crippen LogP contribution is 2.29. The zero-order chi connectivity index (χ0) is 19.3. The first-order valence-corrected chi connectivity index (χ1v) is 10.2. The summed E-state index contributed by atoms with van der Waals surface area (Å²) in [6.45, 7) is 4.65. The Morgan fingerprint density at radius 1 is 1.18 bits per heavy atom. The number of carbonyl (C=O) groups excluding carboxylic acids is 1. The molecule has 1 aliphatic heterocycles. The Hall–Kier alpha value is -2.48. The Bertz CT molecular complexity index is 902. The molecule has 2 heterocycles. The SMILES string of the molecule is COc1ccc(C(=O)N(CCN2CCOCC2)c2nc3ccccc3s2)cc1. The highest BCUT2D eigenvalue weighted by Gasteiger charge is 2.22. The summed E-state index contributed by atoms with van der Waals surface area (Å²) in [6.07, 6.45) is 0. The maximum Gasteiger partial charge on any atom is 0.260 e. The van der Waals surface area contributed by atoms with Gasteiger partial charge in [0.15, 0.2) is 5.13 Å². The fourth-order valence-corrected chi connectivity index (χ4v) is 4.21. The molecule has 0 aliphatic carbocycles. The lowest BCUT2D eigenvalue weighted by Gasteiger charge is -2.29. The largest absolute Gasteiger partial charge is 0.497 e. The fraction of sp³-hybridized carbons (Fsp3) is 0.333. The molecule has 6 nitrogen and oxygen atoms in total. The van der Waals surface area contributed by atoms with Crippen molar-refractivity contribution in [3.8, 4) is 5.75 Å². The van der Waals surface area contributed by atoms with Gasteiger partial charge in [0, 0.05) is 31.7 Å². The number of thiazole rings is 1. The molecule has 0 saturated carbocycles. The number of morpholine rings is 1. The van der Waals surface area contributed by atoms with Gasteiger partial charge in [-0.1, -0.05) is 23.5 Å². The molecular weight excluding hydrogens is 374 g/mol. The third-order valence-corrected chi connectivity index (χ3v) is 5.90. The lowest BCUT2D eigenvalue weighted by molar-refractivity contribution is 0.0391. The van der Waals surface area contributed by atoms with Crippen LogP contribution in [0.15, 0.2) is 48.5 Å². The second-order valence-electron chi connectivity index (χ2n) is 6.60. The summed E-state index contributed by atoms with van der Waals surface area (Å²) < 4.78 is 11.7. The van der Waals surface area contributed by atoms with Gasteiger partial charge < -0.3 is 9.47 Å². The number of rotatable bonds is 6. The zero-order valence-corrected chi connectivity index (χ0v) is 16.7. The van der Waals surface area contributed by atoms with Gasteiger partial charge in [-0.15, -0.1) is 0 Å². The first-order chi connectivity index (χ1) is 13.7. The molecule has 1 fully saturated rings. The number of aromatic nitrogens is 1. The van der Waals surface area contributed by atoms with E-state index in [9.17, 15) is 4.79 Å². The summed E-state index contributed by atoms with van der Waals surface area (Å²) in [4.78, 5) is 22.1. The third kappa shape index (κ3) is 4.16. The fourth-order valence-electron chi connectivity index (χ4n) is 3.22. The number of methoxy groups -OCH3 is 1. The van der Waals surface area contributed by atoms with E-state index < -0.39 is 0 Å². The van der Waals surface area contributed by atoms with Crippen molar-refractivity contribution in [3.05, 3.63) is 54.1 Å². The topological polar surface area (TPSA) is 54.9 Å². The molecule has 0 unspecified atom stereocenters. The number of anilines is 1. The summed E-state index contributed by atoms with van der Waals surface area (Å²) in [5.41, 5.74) is 1.54. The van der Waals surface area contributed by atoms with E-state index in [-0.39, 0.29) is 5.91 Å². The summed E-state index contributed by atoms with van der Waals surface area (Å²) in [5, 5.41) is 0.732. The lowest BCUT2D eigenvalue weighted by atomic mass is 10.2. The minimum absolute atomic E-state index is 0.0463. The van der Waals surface area contributed by atoms with Gasteiger partial charge in [-0.25, -0.2) is 4.98 Å². The van der Waals surface area contributed by atoms with Crippen LogP contribution in [-0.4, -0.2) is 62.3 Å². The molecule has 0 spiro atoms. The third-order valence-electron chi connectivity index (χ3n) is 4.84. The zero-order valence-electron chi connectivity index (χ0n) is 15.8. The summed E-state index contributed by atoms with van der Waals surface area (Å²) in [6, 6.07) is 15.2. The van der Waals surface area contributed by atoms with Crippen molar-refractivity contribution in [2.24, 2.45) is 0 Å². The Labute approximate surface area is 168 Å². The van der Waals surface area contributed by atoms with Crippen molar-refractivity contribution in [2.45, 2.75) is 0 Å². The molecule has 0 N–H and O–H groups in total. The molecule has 1 aromatic heterocycles. The van der Waals surface area contributed by atoms with Crippen molar-refractivity contribution < 1.29 is 14.3 Å². The average molecular weight is 398 g/mol. The number of benzene rings is 2. The van der Waals surface area contributed by atoms with Crippen LogP contribution in [-0.2, 0) is 4.74 Å². The molecule has 0 atom stereocenters. The molecule has 146 valence electrons. The summed E-state index contributed by atoms with van der Waals surface area (Å²) in [5.74, 6) is 0.686. The van der Waals surface area contributed by atoms with Gasteiger partial charge in [0.1, 0.15) is 5.75 Å². The van der Waals surface area contributed by atoms with Gasteiger partial charge in [-0.2, -0.15) is 0 Å². The minimum Gasteiger partial charge on any atom is -0.497 e. The molecule has 0 radical (unpaired) electrons. The van der Waals surface area contributed by atoms with Crippen molar-refractivity contribution in [1.29, 1.82) is 0 Å². The molecule has 7 heteroatoms. The number of ether oxygens (including phenoxy) is 2. The van der Waals surface area contributed by atoms with Crippen LogP contribution in [0, 0.1) is 0 Å². The second-order valence-corrected chi connectivity index (χ2v) is 7.61. The monoisotopic (exact) mass is 397 g/mol. The molecular formula is C21H23N3O3S. The smallest absolute Gasteiger partial charge is 0.260 e. The molecule has 1 amide bonds. The number of amides is 1. The van der Waals surface area contributed by atoms with E-state index in [4.69, 9.17) is 14.5 Å². The van der Waals surface area contributed by atoms with Crippen LogP contribution < -0.4 is 9.64 Å². The molecule has 4 rings (SSSR count). The van der Waals surface area contributed by atoms with Crippen LogP contribution in [0.4, 0.5) is 5.13 Å². The van der Waals surface area contributed by atoms with Crippen LogP contribution in [0.2, 0.25) is 0 Å². The van der Waals surface area contributed by atoms with Gasteiger partial charge in [0.05, 0.1) is 30.5 Å². The summed E-state index contributed by atoms with van der Waals surface area (Å²) in [7, 11) is 1.62. The standard InChI is InChI=1S/C21H23N3O3S/c1-26-17-8-6-16(7-9-17)20(25)24(11-10-23-12-14-27-15-13-23)21-22-18-4-2-3-5-19(18)28-21/h2-9H,10-15H2,1H3. The van der Waals surface area contributed by atoms with Crippen LogP contribution in [0.25, 0.3) is 10.2 Å². The van der Waals surface area contributed by atoms with Gasteiger partial charge in [-0.05, 0) is 36.4 Å². The molecule has 28 heavy (non-hydrogen) atoms. The maximum atomic E-state index is 13.3. The van der Waals surface area contributed by atoms with Crippen molar-refractivity contribution in [1.82, 2.24) is 9.88 Å². The number of fused-ring (bicyclic) bond motifs is 1. The maximum absolute atomic E-state index is 13.3. The quantitative estimate of drug-likeness (QED) is 0.639. The summed E-state index contributed by atoms with van der Waals surface area (Å²) >= 11 is 1.55. The van der Waals surface area contributed by atoms with E-state index in [2.05, 4.69) is 4.90 Å². The number of para-hydroxylation sites is 1. The predicted molar refractivity (Wildman–Crippen MR) is 112 cm³/mol. The van der Waals surface area contributed by atoms with Gasteiger partial charge in [0.25, 0.3) is 5.91 Å². The Balaban J connectivity index is 1.60. The van der Waals surface area contributed by atoms with E-state index >= 15 is 0 Å². The van der Waals surface area contributed by atoms with Crippen LogP contribution in [0.5, 0.6) is 5.75 Å². The molecule has 3 aromatic rings. The van der Waals surface area contributed by atoms with Crippen LogP contribution >= 0.6 is 11.3 Å². The van der Waals surface area contributed by atoms with Crippen molar-refractivity contribution >= 4 is 32.6 Å². The van der Waals surface area contributed by atoms with Crippen molar-refractivity contribution in [3.63, 3.8) is 0 Å². The van der Waals surface area contributed by atoms with E-state index in [1.807, 2.05) is 36.4 Å². The molecule has 1 aliphatic rings. The molecule has 0 bridgehead atoms.